The molecule has 0 aromatic heterocycles. The third-order valence-electron chi connectivity index (χ3n) is 5.85. The minimum atomic E-state index is -3.75. The average Bonchev–Trinajstić information content (AvgIpc) is 3.57. The molecule has 3 aromatic carbocycles. The number of nitrogens with zero attached hydrogens (tertiary/aromatic N) is 1. The Hall–Kier alpha value is -3.06. The number of nitrogens with one attached hydrogen (secondary N) is 1. The second kappa shape index (κ2) is 7.02. The number of rotatable bonds is 6. The van der Waals surface area contributed by atoms with Gasteiger partial charge in [-0.2, -0.15) is 0 Å². The molecule has 7 heteroatoms. The Balaban J connectivity index is 1.40. The molecule has 154 valence electrons. The summed E-state index contributed by atoms with van der Waals surface area (Å²) in [6.45, 7) is -0.241. The normalized spacial score (nSPS) is 17.7. The molecule has 0 saturated heterocycles. The van der Waals surface area contributed by atoms with Crippen LogP contribution < -0.4 is 14.4 Å². The summed E-state index contributed by atoms with van der Waals surface area (Å²) in [5.74, 6) is 0.822. The van der Waals surface area contributed by atoms with Crippen molar-refractivity contribution in [3.8, 4) is 5.75 Å². The maximum Gasteiger partial charge on any atom is 0.265 e. The molecular formula is C23H22N2O4S. The Morgan fingerprint density at radius 3 is 2.47 bits per heavy atom. The number of hydrogen-bond donors (Lipinski definition) is 1. The van der Waals surface area contributed by atoms with Crippen LogP contribution >= 0.6 is 0 Å². The zero-order valence-electron chi connectivity index (χ0n) is 16.5. The summed E-state index contributed by atoms with van der Waals surface area (Å²) in [4.78, 5) is 13.2. The summed E-state index contributed by atoms with van der Waals surface area (Å²) >= 11 is 0. The number of amides is 1. The van der Waals surface area contributed by atoms with E-state index in [1.807, 2.05) is 42.5 Å². The highest BCUT2D eigenvalue weighted by atomic mass is 32.2. The van der Waals surface area contributed by atoms with Gasteiger partial charge in [0.2, 0.25) is 5.91 Å². The first-order valence-electron chi connectivity index (χ1n) is 9.97. The van der Waals surface area contributed by atoms with Crippen molar-refractivity contribution < 1.29 is 17.9 Å². The number of anilines is 1. The molecule has 1 heterocycles. The monoisotopic (exact) mass is 422 g/mol. The van der Waals surface area contributed by atoms with Gasteiger partial charge in [-0.25, -0.2) is 8.42 Å². The van der Waals surface area contributed by atoms with Gasteiger partial charge < -0.3 is 10.1 Å². The highest BCUT2D eigenvalue weighted by molar-refractivity contribution is 7.93. The van der Waals surface area contributed by atoms with Gasteiger partial charge in [0.15, 0.2) is 0 Å². The molecule has 1 N–H and O–H groups in total. The van der Waals surface area contributed by atoms with Gasteiger partial charge in [-0.3, -0.25) is 9.10 Å². The van der Waals surface area contributed by atoms with Crippen molar-refractivity contribution in [2.75, 3.05) is 18.0 Å². The van der Waals surface area contributed by atoms with Gasteiger partial charge in [0.05, 0.1) is 23.7 Å². The predicted molar refractivity (Wildman–Crippen MR) is 115 cm³/mol. The molecule has 0 bridgehead atoms. The number of benzene rings is 3. The molecule has 1 aliphatic heterocycles. The lowest BCUT2D eigenvalue weighted by atomic mass is 10.0. The van der Waals surface area contributed by atoms with Crippen LogP contribution in [-0.2, 0) is 14.8 Å². The zero-order valence-corrected chi connectivity index (χ0v) is 17.4. The van der Waals surface area contributed by atoms with Crippen molar-refractivity contribution >= 4 is 32.4 Å². The van der Waals surface area contributed by atoms with Crippen LogP contribution in [0, 0.1) is 5.92 Å². The first-order chi connectivity index (χ1) is 14.5. The summed E-state index contributed by atoms with van der Waals surface area (Å²) in [6.07, 6.45) is 2.09. The number of carbonyl (C=O) groups is 1. The van der Waals surface area contributed by atoms with Gasteiger partial charge in [0.25, 0.3) is 10.0 Å². The van der Waals surface area contributed by atoms with Crippen molar-refractivity contribution in [3.05, 3.63) is 66.2 Å². The van der Waals surface area contributed by atoms with E-state index < -0.39 is 10.0 Å². The molecule has 6 nitrogen and oxygen atoms in total. The summed E-state index contributed by atoms with van der Waals surface area (Å²) in [6, 6.07) is 18.2. The second-order valence-corrected chi connectivity index (χ2v) is 9.63. The number of carbonyl (C=O) groups excluding carboxylic acids is 1. The van der Waals surface area contributed by atoms with Crippen molar-refractivity contribution in [2.45, 2.75) is 23.8 Å². The minimum Gasteiger partial charge on any atom is -0.497 e. The van der Waals surface area contributed by atoms with Crippen LogP contribution in [0.1, 0.15) is 24.4 Å². The fourth-order valence-corrected chi connectivity index (χ4v) is 5.86. The Kier molecular flexibility index (Phi) is 4.43. The standard InChI is InChI=1S/C23H22N2O4S/c1-29-18-12-10-17(11-13-18)23(16-8-9-16)24-21(26)14-25-19-6-2-4-15-5-3-7-20(22(15)19)30(25,27)28/h2-7,10-13,16,23H,8-9,14H2,1H3,(H,24,26). The van der Waals surface area contributed by atoms with Crippen LogP contribution in [-0.4, -0.2) is 28.0 Å². The van der Waals surface area contributed by atoms with E-state index in [-0.39, 0.29) is 23.4 Å². The van der Waals surface area contributed by atoms with Crippen molar-refractivity contribution in [1.29, 1.82) is 0 Å². The SMILES string of the molecule is COc1ccc(C(NC(=O)CN2c3cccc4cccc(c34)S2(=O)=O)C2CC2)cc1. The number of hydrogen-bond acceptors (Lipinski definition) is 4. The smallest absolute Gasteiger partial charge is 0.265 e. The third kappa shape index (κ3) is 3.10. The summed E-state index contributed by atoms with van der Waals surface area (Å²) < 4.78 is 32.6. The van der Waals surface area contributed by atoms with E-state index in [1.54, 1.807) is 25.3 Å². The maximum atomic E-state index is 13.1. The molecule has 1 atom stereocenters. The topological polar surface area (TPSA) is 75.7 Å². The molecular weight excluding hydrogens is 400 g/mol. The number of ether oxygens (including phenoxy) is 1. The van der Waals surface area contributed by atoms with Gasteiger partial charge in [-0.1, -0.05) is 36.4 Å². The van der Waals surface area contributed by atoms with Gasteiger partial charge in [-0.15, -0.1) is 0 Å². The first-order valence-corrected chi connectivity index (χ1v) is 11.4. The van der Waals surface area contributed by atoms with E-state index in [4.69, 9.17) is 4.74 Å². The zero-order chi connectivity index (χ0) is 20.9. The average molecular weight is 423 g/mol. The molecule has 3 aromatic rings. The number of methoxy groups -OCH3 is 1. The lowest BCUT2D eigenvalue weighted by Crippen LogP contribution is -2.40. The minimum absolute atomic E-state index is 0.133. The molecule has 2 aliphatic rings. The quantitative estimate of drug-likeness (QED) is 0.658. The predicted octanol–water partition coefficient (Wildman–Crippen LogP) is 3.62. The first kappa shape index (κ1) is 18.9. The Bertz CT molecular complexity index is 1230. The molecule has 1 unspecified atom stereocenters. The van der Waals surface area contributed by atoms with E-state index in [2.05, 4.69) is 5.32 Å². The molecule has 0 spiro atoms. The van der Waals surface area contributed by atoms with E-state index in [0.29, 0.717) is 17.0 Å². The highest BCUT2D eigenvalue weighted by Gasteiger charge is 2.38. The van der Waals surface area contributed by atoms with Gasteiger partial charge >= 0.3 is 0 Å². The molecule has 1 saturated carbocycles. The Morgan fingerprint density at radius 2 is 1.80 bits per heavy atom. The van der Waals surface area contributed by atoms with Crippen molar-refractivity contribution in [2.24, 2.45) is 5.92 Å². The lowest BCUT2D eigenvalue weighted by Gasteiger charge is -2.23. The van der Waals surface area contributed by atoms with Crippen molar-refractivity contribution in [3.63, 3.8) is 0 Å². The summed E-state index contributed by atoms with van der Waals surface area (Å²) in [5.41, 5.74) is 1.56. The maximum absolute atomic E-state index is 13.1. The summed E-state index contributed by atoms with van der Waals surface area (Å²) in [7, 11) is -2.14. The summed E-state index contributed by atoms with van der Waals surface area (Å²) in [5, 5.41) is 4.60. The molecule has 1 fully saturated rings. The fraction of sp³-hybridized carbons (Fsp3) is 0.261. The van der Waals surface area contributed by atoms with Crippen LogP contribution in [0.4, 0.5) is 5.69 Å². The van der Waals surface area contributed by atoms with Gasteiger partial charge in [0, 0.05) is 5.39 Å². The third-order valence-corrected chi connectivity index (χ3v) is 7.66. The molecule has 30 heavy (non-hydrogen) atoms. The van der Waals surface area contributed by atoms with Crippen molar-refractivity contribution in [1.82, 2.24) is 5.32 Å². The Labute approximate surface area is 175 Å². The van der Waals surface area contributed by atoms with E-state index >= 15 is 0 Å². The second-order valence-electron chi connectivity index (χ2n) is 7.80. The van der Waals surface area contributed by atoms with E-state index in [0.717, 1.165) is 29.5 Å². The highest BCUT2D eigenvalue weighted by Crippen LogP contribution is 2.43. The van der Waals surface area contributed by atoms with E-state index in [1.165, 1.54) is 4.31 Å². The Morgan fingerprint density at radius 1 is 1.10 bits per heavy atom. The van der Waals surface area contributed by atoms with Crippen LogP contribution in [0.15, 0.2) is 65.6 Å². The molecule has 5 rings (SSSR count). The van der Waals surface area contributed by atoms with Crippen LogP contribution in [0.25, 0.3) is 10.8 Å². The van der Waals surface area contributed by atoms with Crippen LogP contribution in [0.2, 0.25) is 0 Å². The molecule has 1 aliphatic carbocycles. The van der Waals surface area contributed by atoms with Crippen LogP contribution in [0.5, 0.6) is 5.75 Å². The lowest BCUT2D eigenvalue weighted by molar-refractivity contribution is -0.120. The van der Waals surface area contributed by atoms with Gasteiger partial charge in [-0.05, 0) is 54.0 Å². The molecule has 0 radical (unpaired) electrons. The number of sulfonamides is 1. The molecule has 1 amide bonds. The van der Waals surface area contributed by atoms with E-state index in [9.17, 15) is 13.2 Å². The largest absolute Gasteiger partial charge is 0.497 e. The van der Waals surface area contributed by atoms with Crippen LogP contribution in [0.3, 0.4) is 0 Å². The van der Waals surface area contributed by atoms with Gasteiger partial charge in [0.1, 0.15) is 12.3 Å². The fourth-order valence-electron chi connectivity index (χ4n) is 4.19.